The first-order valence-corrected chi connectivity index (χ1v) is 8.05. The molecule has 0 aliphatic carbocycles. The van der Waals surface area contributed by atoms with Gasteiger partial charge in [0.25, 0.3) is 0 Å². The van der Waals surface area contributed by atoms with Crippen molar-refractivity contribution in [3.8, 4) is 5.75 Å². The number of rotatable bonds is 3. The van der Waals surface area contributed by atoms with Gasteiger partial charge >= 0.3 is 11.6 Å². The molecule has 0 fully saturated rings. The first-order chi connectivity index (χ1) is 12.1. The lowest BCUT2D eigenvalue weighted by Crippen LogP contribution is -2.32. The maximum Gasteiger partial charge on any atom is 0.348 e. The Kier molecular flexibility index (Phi) is 3.60. The summed E-state index contributed by atoms with van der Waals surface area (Å²) in [6, 6.07) is 10.6. The van der Waals surface area contributed by atoms with Crippen molar-refractivity contribution in [2.45, 2.75) is 25.9 Å². The van der Waals surface area contributed by atoms with Crippen LogP contribution in [0, 0.1) is 6.92 Å². The molecule has 1 aliphatic rings. The lowest BCUT2D eigenvalue weighted by Gasteiger charge is -2.15. The zero-order chi connectivity index (χ0) is 17.6. The fourth-order valence-electron chi connectivity index (χ4n) is 3.20. The Labute approximate surface area is 143 Å². The van der Waals surface area contributed by atoms with E-state index in [-0.39, 0.29) is 12.2 Å². The van der Waals surface area contributed by atoms with Crippen molar-refractivity contribution in [3.63, 3.8) is 0 Å². The monoisotopic (exact) mass is 340 g/mol. The van der Waals surface area contributed by atoms with Crippen molar-refractivity contribution in [1.29, 1.82) is 0 Å². The molecule has 0 radical (unpaired) electrons. The molecule has 6 heteroatoms. The minimum atomic E-state index is -0.991. The van der Waals surface area contributed by atoms with Crippen molar-refractivity contribution in [1.82, 2.24) is 0 Å². The number of para-hydroxylation sites is 1. The van der Waals surface area contributed by atoms with Crippen LogP contribution in [0.1, 0.15) is 29.9 Å². The molecule has 0 bridgehead atoms. The summed E-state index contributed by atoms with van der Waals surface area (Å²) >= 11 is 0. The van der Waals surface area contributed by atoms with Crippen LogP contribution in [-0.2, 0) is 9.53 Å². The van der Waals surface area contributed by atoms with Gasteiger partial charge in [0.2, 0.25) is 6.10 Å². The molecule has 1 aliphatic heterocycles. The molecule has 25 heavy (non-hydrogen) atoms. The van der Waals surface area contributed by atoms with Gasteiger partial charge in [0.15, 0.2) is 0 Å². The first-order valence-electron chi connectivity index (χ1n) is 8.05. The zero-order valence-corrected chi connectivity index (χ0v) is 13.8. The third-order valence-electron chi connectivity index (χ3n) is 4.24. The fourth-order valence-corrected chi connectivity index (χ4v) is 3.20. The molecule has 1 aromatic carbocycles. The van der Waals surface area contributed by atoms with Gasteiger partial charge in [0.1, 0.15) is 28.8 Å². The van der Waals surface area contributed by atoms with Gasteiger partial charge < -0.3 is 18.3 Å². The number of carbonyl (C=O) groups is 1. The number of hydrogen-bond acceptors (Lipinski definition) is 6. The summed E-state index contributed by atoms with van der Waals surface area (Å²) in [5, 5.41) is 0.636. The second-order valence-corrected chi connectivity index (χ2v) is 5.85. The highest BCUT2D eigenvalue weighted by molar-refractivity contribution is 5.88. The van der Waals surface area contributed by atoms with E-state index in [1.807, 2.05) is 6.07 Å². The Balaban J connectivity index is 1.95. The van der Waals surface area contributed by atoms with Crippen LogP contribution in [0.25, 0.3) is 11.0 Å². The van der Waals surface area contributed by atoms with Gasteiger partial charge in [-0.1, -0.05) is 12.1 Å². The van der Waals surface area contributed by atoms with Crippen molar-refractivity contribution in [2.75, 3.05) is 6.61 Å². The average molecular weight is 340 g/mol. The smallest absolute Gasteiger partial charge is 0.348 e. The van der Waals surface area contributed by atoms with E-state index in [4.69, 9.17) is 18.3 Å². The number of ether oxygens (including phenoxy) is 2. The molecular weight excluding hydrogens is 324 g/mol. The highest BCUT2D eigenvalue weighted by Crippen LogP contribution is 2.44. The van der Waals surface area contributed by atoms with E-state index in [2.05, 4.69) is 0 Å². The molecule has 2 aromatic heterocycles. The number of benzene rings is 1. The highest BCUT2D eigenvalue weighted by Gasteiger charge is 2.46. The zero-order valence-electron chi connectivity index (χ0n) is 13.8. The van der Waals surface area contributed by atoms with E-state index in [0.29, 0.717) is 28.2 Å². The Morgan fingerprint density at radius 1 is 1.16 bits per heavy atom. The fraction of sp³-hybridized carbons (Fsp3) is 0.263. The minimum absolute atomic E-state index is 0.217. The summed E-state index contributed by atoms with van der Waals surface area (Å²) < 4.78 is 22.1. The molecule has 2 atom stereocenters. The van der Waals surface area contributed by atoms with Gasteiger partial charge in [0.05, 0.1) is 17.6 Å². The molecule has 0 saturated carbocycles. The van der Waals surface area contributed by atoms with Gasteiger partial charge in [-0.25, -0.2) is 9.59 Å². The second kappa shape index (κ2) is 5.81. The molecule has 128 valence electrons. The molecule has 6 nitrogen and oxygen atoms in total. The van der Waals surface area contributed by atoms with E-state index in [1.54, 1.807) is 44.2 Å². The summed E-state index contributed by atoms with van der Waals surface area (Å²) in [6.07, 6.45) is -0.991. The Hall–Kier alpha value is -3.02. The molecule has 4 rings (SSSR count). The first kappa shape index (κ1) is 15.5. The normalized spacial score (nSPS) is 18.8. The number of furan rings is 1. The van der Waals surface area contributed by atoms with E-state index in [1.165, 1.54) is 0 Å². The van der Waals surface area contributed by atoms with Crippen molar-refractivity contribution < 1.29 is 23.1 Å². The second-order valence-electron chi connectivity index (χ2n) is 5.85. The summed E-state index contributed by atoms with van der Waals surface area (Å²) in [7, 11) is 0. The minimum Gasteiger partial charge on any atom is -0.476 e. The number of esters is 1. The van der Waals surface area contributed by atoms with Gasteiger partial charge in [-0.15, -0.1) is 0 Å². The molecule has 0 unspecified atom stereocenters. The van der Waals surface area contributed by atoms with E-state index >= 15 is 0 Å². The molecule has 0 amide bonds. The van der Waals surface area contributed by atoms with E-state index in [9.17, 15) is 9.59 Å². The molecule has 0 saturated heterocycles. The molecule has 0 spiro atoms. The summed E-state index contributed by atoms with van der Waals surface area (Å²) in [5.41, 5.74) is 0.149. The Morgan fingerprint density at radius 2 is 1.96 bits per heavy atom. The van der Waals surface area contributed by atoms with Crippen LogP contribution in [0.4, 0.5) is 0 Å². The van der Waals surface area contributed by atoms with Crippen molar-refractivity contribution in [2.24, 2.45) is 0 Å². The van der Waals surface area contributed by atoms with Crippen LogP contribution in [0.2, 0.25) is 0 Å². The van der Waals surface area contributed by atoms with Gasteiger partial charge in [0, 0.05) is 0 Å². The van der Waals surface area contributed by atoms with Crippen LogP contribution in [-0.4, -0.2) is 18.7 Å². The predicted octanol–water partition coefficient (Wildman–Crippen LogP) is 3.15. The predicted molar refractivity (Wildman–Crippen MR) is 88.8 cm³/mol. The summed E-state index contributed by atoms with van der Waals surface area (Å²) in [5.74, 6) is 0.252. The third kappa shape index (κ3) is 2.41. The summed E-state index contributed by atoms with van der Waals surface area (Å²) in [4.78, 5) is 25.0. The molecule has 0 N–H and O–H groups in total. The topological polar surface area (TPSA) is 78.9 Å². The Bertz CT molecular complexity index is 1010. The van der Waals surface area contributed by atoms with Crippen LogP contribution in [0.15, 0.2) is 50.0 Å². The molecule has 3 aromatic rings. The van der Waals surface area contributed by atoms with Gasteiger partial charge in [-0.3, -0.25) is 0 Å². The standard InChI is InChI=1S/C19H16O6/c1-3-22-19(21)17-14(13-9-8-10(2)23-13)15-16(25-17)11-6-4-5-7-12(11)24-18(15)20/h4-9,14,17H,3H2,1-2H3/t14-,17-/m1/s1. The van der Waals surface area contributed by atoms with Crippen LogP contribution >= 0.6 is 0 Å². The largest absolute Gasteiger partial charge is 0.476 e. The molecule has 3 heterocycles. The van der Waals surface area contributed by atoms with E-state index in [0.717, 1.165) is 0 Å². The van der Waals surface area contributed by atoms with Gasteiger partial charge in [-0.2, -0.15) is 0 Å². The highest BCUT2D eigenvalue weighted by atomic mass is 16.6. The van der Waals surface area contributed by atoms with Crippen molar-refractivity contribution in [3.05, 3.63) is 63.9 Å². The van der Waals surface area contributed by atoms with E-state index < -0.39 is 23.6 Å². The SMILES string of the molecule is CCOC(=O)[C@@H]1Oc2c(c(=O)oc3ccccc23)[C@H]1c1ccc(C)o1. The third-order valence-corrected chi connectivity index (χ3v) is 4.24. The lowest BCUT2D eigenvalue weighted by molar-refractivity contribution is -0.151. The average Bonchev–Trinajstić information content (AvgIpc) is 3.19. The number of aryl methyl sites for hydroxylation is 1. The van der Waals surface area contributed by atoms with Gasteiger partial charge in [-0.05, 0) is 38.1 Å². The lowest BCUT2D eigenvalue weighted by atomic mass is 9.93. The Morgan fingerprint density at radius 3 is 2.68 bits per heavy atom. The number of hydrogen-bond donors (Lipinski definition) is 0. The quantitative estimate of drug-likeness (QED) is 0.538. The maximum absolute atomic E-state index is 12.6. The van der Waals surface area contributed by atoms with Crippen LogP contribution in [0.5, 0.6) is 5.75 Å². The van der Waals surface area contributed by atoms with Crippen LogP contribution < -0.4 is 10.4 Å². The van der Waals surface area contributed by atoms with Crippen molar-refractivity contribution >= 4 is 16.9 Å². The maximum atomic E-state index is 12.6. The van der Waals surface area contributed by atoms with Crippen LogP contribution in [0.3, 0.4) is 0 Å². The molecular formula is C19H16O6. The number of carbonyl (C=O) groups excluding carboxylic acids is 1. The summed E-state index contributed by atoms with van der Waals surface area (Å²) in [6.45, 7) is 3.73. The number of fused-ring (bicyclic) bond motifs is 3.